The van der Waals surface area contributed by atoms with Crippen LogP contribution >= 0.6 is 0 Å². The van der Waals surface area contributed by atoms with Gasteiger partial charge in [-0.15, -0.1) is 0 Å². The molecule has 0 spiro atoms. The molecule has 0 aromatic heterocycles. The molecule has 1 nitrogen and oxygen atoms in total. The molecular formula is C19H26Cl2NTi. The molecule has 1 aromatic rings. The van der Waals surface area contributed by atoms with E-state index in [1.807, 2.05) is 0 Å². The third-order valence-electron chi connectivity index (χ3n) is 4.49. The van der Waals surface area contributed by atoms with Crippen LogP contribution in [-0.4, -0.2) is 9.93 Å². The van der Waals surface area contributed by atoms with Crippen LogP contribution in [0, 0.1) is 0 Å². The second-order valence-corrected chi connectivity index (χ2v) is 7.22. The Kier molecular flexibility index (Phi) is 10.0. The molecule has 0 N–H and O–H groups in total. The minimum absolute atomic E-state index is 0. The minimum atomic E-state index is 0. The maximum absolute atomic E-state index is 2.49. The van der Waals surface area contributed by atoms with Crippen LogP contribution in [0.25, 0.3) is 5.57 Å². The van der Waals surface area contributed by atoms with Crippen LogP contribution in [-0.2, 0) is 26.2 Å². The molecule has 0 bridgehead atoms. The fraction of sp³-hybridized carbons (Fsp3) is 0.474. The van der Waals surface area contributed by atoms with Crippen molar-refractivity contribution in [3.05, 3.63) is 53.1 Å². The van der Waals surface area contributed by atoms with Gasteiger partial charge in [-0.05, 0) is 0 Å². The van der Waals surface area contributed by atoms with Crippen molar-refractivity contribution in [1.29, 1.82) is 0 Å². The summed E-state index contributed by atoms with van der Waals surface area (Å²) < 4.78 is 2.49. The number of halogens is 2. The smallest absolute Gasteiger partial charge is 1.00 e. The fourth-order valence-electron chi connectivity index (χ4n) is 2.96. The summed E-state index contributed by atoms with van der Waals surface area (Å²) in [7, 11) is 0. The summed E-state index contributed by atoms with van der Waals surface area (Å²) in [5.74, 6) is 0. The first kappa shape index (κ1) is 23.0. The van der Waals surface area contributed by atoms with Gasteiger partial charge < -0.3 is 24.8 Å². The Balaban J connectivity index is 0.00000242. The molecule has 1 aliphatic carbocycles. The molecule has 0 radical (unpaired) electrons. The van der Waals surface area contributed by atoms with E-state index in [2.05, 4.69) is 88.2 Å². The molecule has 0 aliphatic heterocycles. The molecular weight excluding hydrogens is 361 g/mol. The van der Waals surface area contributed by atoms with Gasteiger partial charge in [-0.1, -0.05) is 0 Å². The van der Waals surface area contributed by atoms with Crippen LogP contribution in [0.3, 0.4) is 0 Å². The van der Waals surface area contributed by atoms with E-state index in [4.69, 9.17) is 0 Å². The van der Waals surface area contributed by atoms with Gasteiger partial charge in [0.05, 0.1) is 0 Å². The zero-order valence-corrected chi connectivity index (χ0v) is 17.6. The van der Waals surface area contributed by atoms with E-state index in [0.29, 0.717) is 0 Å². The molecule has 125 valence electrons. The topological polar surface area (TPSA) is 3.24 Å². The fourth-order valence-corrected chi connectivity index (χ4v) is 3.39. The average molecular weight is 387 g/mol. The Labute approximate surface area is 166 Å². The summed E-state index contributed by atoms with van der Waals surface area (Å²) in [5, 5.41) is 0. The van der Waals surface area contributed by atoms with Gasteiger partial charge in [-0.2, -0.15) is 0 Å². The molecule has 1 aliphatic rings. The number of allylic oxidation sites excluding steroid dienone is 4. The van der Waals surface area contributed by atoms with E-state index in [1.165, 1.54) is 35.1 Å². The maximum atomic E-state index is 2.49. The summed E-state index contributed by atoms with van der Waals surface area (Å²) in [6, 6.07) is 8.93. The van der Waals surface area contributed by atoms with Crippen LogP contribution < -0.4 is 24.8 Å². The minimum Gasteiger partial charge on any atom is -1.00 e. The second kappa shape index (κ2) is 10.1. The Bertz CT molecular complexity index is 564. The van der Waals surface area contributed by atoms with Crippen molar-refractivity contribution in [1.82, 2.24) is 3.38 Å². The largest absolute Gasteiger partial charge is 1.00 e. The molecule has 0 atom stereocenters. The first-order valence-electron chi connectivity index (χ1n) is 7.93. The maximum Gasteiger partial charge on any atom is -1.00 e. The molecule has 0 saturated heterocycles. The Morgan fingerprint density at radius 1 is 1.17 bits per heavy atom. The van der Waals surface area contributed by atoms with Crippen molar-refractivity contribution >= 4 is 5.57 Å². The molecule has 23 heavy (non-hydrogen) atoms. The zero-order chi connectivity index (χ0) is 15.5. The number of rotatable bonds is 6. The van der Waals surface area contributed by atoms with Crippen molar-refractivity contribution in [3.8, 4) is 0 Å². The summed E-state index contributed by atoms with van der Waals surface area (Å²) >= 11 is 2.25. The van der Waals surface area contributed by atoms with E-state index in [0.717, 1.165) is 13.0 Å². The molecule has 0 amide bonds. The number of hydrogen-bond donors (Lipinski definition) is 0. The van der Waals surface area contributed by atoms with Gasteiger partial charge in [0, 0.05) is 0 Å². The van der Waals surface area contributed by atoms with E-state index in [9.17, 15) is 0 Å². The first-order chi connectivity index (χ1) is 9.98. The van der Waals surface area contributed by atoms with Crippen LogP contribution in [0.4, 0.5) is 0 Å². The van der Waals surface area contributed by atoms with Gasteiger partial charge in [0.2, 0.25) is 0 Å². The van der Waals surface area contributed by atoms with Crippen molar-refractivity contribution in [2.24, 2.45) is 0 Å². The molecule has 0 unspecified atom stereocenters. The molecule has 1 aromatic carbocycles. The van der Waals surface area contributed by atoms with Crippen molar-refractivity contribution in [3.63, 3.8) is 0 Å². The Morgan fingerprint density at radius 3 is 2.39 bits per heavy atom. The van der Waals surface area contributed by atoms with E-state index < -0.39 is 0 Å². The number of benzene rings is 1. The van der Waals surface area contributed by atoms with E-state index in [-0.39, 0.29) is 30.4 Å². The SMILES string of the molecule is CCCC[N]([Ti+2])C(C)(C)c1ccccc1C1=C(C)C=CC1.[Cl-].[Cl-]. The predicted octanol–water partition coefficient (Wildman–Crippen LogP) is -0.773. The normalized spacial score (nSPS) is 14.0. The second-order valence-electron chi connectivity index (χ2n) is 6.38. The molecule has 4 heteroatoms. The van der Waals surface area contributed by atoms with Gasteiger partial charge in [0.25, 0.3) is 0 Å². The van der Waals surface area contributed by atoms with Gasteiger partial charge >= 0.3 is 142 Å². The van der Waals surface area contributed by atoms with Gasteiger partial charge in [0.15, 0.2) is 0 Å². The first-order valence-corrected chi connectivity index (χ1v) is 8.63. The van der Waals surface area contributed by atoms with E-state index >= 15 is 0 Å². The number of hydrogen-bond acceptors (Lipinski definition) is 1. The van der Waals surface area contributed by atoms with Crippen molar-refractivity contribution < 1.29 is 45.5 Å². The van der Waals surface area contributed by atoms with Gasteiger partial charge in [0.1, 0.15) is 0 Å². The van der Waals surface area contributed by atoms with Gasteiger partial charge in [-0.3, -0.25) is 0 Å². The quantitative estimate of drug-likeness (QED) is 0.580. The number of unbranched alkanes of at least 4 members (excludes halogenated alkanes) is 1. The van der Waals surface area contributed by atoms with Crippen LogP contribution in [0.1, 0.15) is 58.1 Å². The van der Waals surface area contributed by atoms with Crippen molar-refractivity contribution in [2.45, 2.75) is 52.5 Å². The molecule has 0 saturated carbocycles. The van der Waals surface area contributed by atoms with Crippen LogP contribution in [0.5, 0.6) is 0 Å². The Hall–Kier alpha value is -0.0457. The number of nitrogens with zero attached hydrogens (tertiary/aromatic N) is 1. The average Bonchev–Trinajstić information content (AvgIpc) is 2.90. The molecule has 2 rings (SSSR count). The third-order valence-corrected chi connectivity index (χ3v) is 5.71. The Morgan fingerprint density at radius 2 is 1.83 bits per heavy atom. The molecule has 0 heterocycles. The summed E-state index contributed by atoms with van der Waals surface area (Å²) in [4.78, 5) is 0. The van der Waals surface area contributed by atoms with Crippen LogP contribution in [0.15, 0.2) is 42.0 Å². The monoisotopic (exact) mass is 386 g/mol. The van der Waals surface area contributed by atoms with Crippen LogP contribution in [0.2, 0.25) is 0 Å². The van der Waals surface area contributed by atoms with Crippen molar-refractivity contribution in [2.75, 3.05) is 6.54 Å². The zero-order valence-electron chi connectivity index (χ0n) is 14.5. The van der Waals surface area contributed by atoms with Gasteiger partial charge in [-0.25, -0.2) is 0 Å². The summed E-state index contributed by atoms with van der Waals surface area (Å²) in [6.07, 6.45) is 8.09. The predicted molar refractivity (Wildman–Crippen MR) is 87.4 cm³/mol. The molecule has 0 fully saturated rings. The van der Waals surface area contributed by atoms with E-state index in [1.54, 1.807) is 0 Å². The summed E-state index contributed by atoms with van der Waals surface area (Å²) in [5.41, 5.74) is 5.83. The third kappa shape index (κ3) is 5.21. The standard InChI is InChI=1S/C19H26N.2ClH.Ti/c1-5-6-14-20-19(3,4)18-13-8-7-11-17(18)16-12-9-10-15(16)2;;;/h7-11,13H,5-6,12,14H2,1-4H3;2*1H;/q-1;;;+3/p-2. The summed E-state index contributed by atoms with van der Waals surface area (Å²) in [6.45, 7) is 10.3.